The highest BCUT2D eigenvalue weighted by atomic mass is 35.5. The molecule has 0 fully saturated rings. The molecule has 11 heteroatoms. The van der Waals surface area contributed by atoms with E-state index < -0.39 is 29.2 Å². The van der Waals surface area contributed by atoms with E-state index in [0.29, 0.717) is 11.1 Å². The lowest BCUT2D eigenvalue weighted by Gasteiger charge is -2.20. The maximum Gasteiger partial charge on any atom is 0.254 e. The van der Waals surface area contributed by atoms with Gasteiger partial charge in [0.2, 0.25) is 0 Å². The molecular weight excluding hydrogens is 475 g/mol. The minimum Gasteiger partial charge on any atom is -0.384 e. The van der Waals surface area contributed by atoms with Crippen LogP contribution in [0.15, 0.2) is 55.1 Å². The van der Waals surface area contributed by atoms with Crippen LogP contribution in [0.3, 0.4) is 0 Å². The average molecular weight is 498 g/mol. The van der Waals surface area contributed by atoms with Gasteiger partial charge in [-0.25, -0.2) is 18.7 Å². The van der Waals surface area contributed by atoms with Crippen LogP contribution >= 0.6 is 24.8 Å². The standard InChI is InChI=1S/C22H21F2N5O2.2ClH/c1-2-31-20(22(30)29-9-13-3-5-14(6-4-13)21(25)26)18-17(23)8-7-16(19(18)24)15-10-27-12-28-11-15;;/h3-8,10-12,20H,2,9H2,1H3,(H3,25,26)(H,29,30);2*1H. The first-order valence-corrected chi connectivity index (χ1v) is 9.48. The third-order valence-electron chi connectivity index (χ3n) is 4.56. The number of aromatic nitrogens is 2. The number of nitrogens with two attached hydrogens (primary N) is 1. The number of carbonyl (C=O) groups excluding carboxylic acids is 1. The topological polar surface area (TPSA) is 114 Å². The minimum absolute atomic E-state index is 0. The molecule has 1 aromatic heterocycles. The van der Waals surface area contributed by atoms with Crippen LogP contribution in [0.25, 0.3) is 11.1 Å². The van der Waals surface area contributed by atoms with E-state index in [9.17, 15) is 9.18 Å². The molecule has 7 nitrogen and oxygen atoms in total. The van der Waals surface area contributed by atoms with Gasteiger partial charge in [-0.15, -0.1) is 24.8 Å². The van der Waals surface area contributed by atoms with Crippen molar-refractivity contribution in [2.24, 2.45) is 5.73 Å². The largest absolute Gasteiger partial charge is 0.384 e. The number of ether oxygens (including phenoxy) is 1. The van der Waals surface area contributed by atoms with Crippen molar-refractivity contribution in [3.8, 4) is 11.1 Å². The predicted octanol–water partition coefficient (Wildman–Crippen LogP) is 3.94. The minimum atomic E-state index is -1.48. The molecule has 176 valence electrons. The Balaban J connectivity index is 0.00000272. The molecular formula is C22H23Cl2F2N5O2. The van der Waals surface area contributed by atoms with Gasteiger partial charge >= 0.3 is 0 Å². The Hall–Kier alpha value is -3.14. The summed E-state index contributed by atoms with van der Waals surface area (Å²) in [6.07, 6.45) is 2.61. The second-order valence-electron chi connectivity index (χ2n) is 6.61. The number of nitrogens with zero attached hydrogens (tertiary/aromatic N) is 2. The van der Waals surface area contributed by atoms with Crippen molar-refractivity contribution in [3.05, 3.63) is 83.4 Å². The molecule has 1 unspecified atom stereocenters. The maximum absolute atomic E-state index is 15.2. The first-order valence-electron chi connectivity index (χ1n) is 9.48. The highest BCUT2D eigenvalue weighted by molar-refractivity contribution is 5.94. The summed E-state index contributed by atoms with van der Waals surface area (Å²) in [7, 11) is 0. The lowest BCUT2D eigenvalue weighted by Crippen LogP contribution is -2.31. The number of amides is 1. The molecule has 0 saturated carbocycles. The summed E-state index contributed by atoms with van der Waals surface area (Å²) in [5.74, 6) is -2.55. The zero-order valence-corrected chi connectivity index (χ0v) is 19.2. The third kappa shape index (κ3) is 6.67. The average Bonchev–Trinajstić information content (AvgIpc) is 2.77. The van der Waals surface area contributed by atoms with Gasteiger partial charge in [0.15, 0.2) is 6.10 Å². The lowest BCUT2D eigenvalue weighted by molar-refractivity contribution is -0.133. The number of hydrogen-bond donors (Lipinski definition) is 3. The van der Waals surface area contributed by atoms with Crippen LogP contribution in [0.5, 0.6) is 0 Å². The van der Waals surface area contributed by atoms with E-state index in [1.54, 1.807) is 31.2 Å². The maximum atomic E-state index is 15.2. The Labute approximate surface area is 202 Å². The molecule has 1 atom stereocenters. The lowest BCUT2D eigenvalue weighted by atomic mass is 10.00. The van der Waals surface area contributed by atoms with Crippen LogP contribution in [0.4, 0.5) is 8.78 Å². The van der Waals surface area contributed by atoms with Crippen molar-refractivity contribution in [2.45, 2.75) is 19.6 Å². The second-order valence-corrected chi connectivity index (χ2v) is 6.61. The van der Waals surface area contributed by atoms with E-state index in [1.807, 2.05) is 0 Å². The van der Waals surface area contributed by atoms with Crippen molar-refractivity contribution in [2.75, 3.05) is 6.61 Å². The molecule has 4 N–H and O–H groups in total. The number of amidine groups is 1. The van der Waals surface area contributed by atoms with Crippen molar-refractivity contribution in [1.82, 2.24) is 15.3 Å². The van der Waals surface area contributed by atoms with Crippen LogP contribution in [-0.2, 0) is 16.1 Å². The van der Waals surface area contributed by atoms with E-state index in [0.717, 1.165) is 11.6 Å². The first-order chi connectivity index (χ1) is 14.9. The van der Waals surface area contributed by atoms with Crippen molar-refractivity contribution >= 4 is 36.6 Å². The van der Waals surface area contributed by atoms with Gasteiger partial charge in [0.05, 0.1) is 5.56 Å². The van der Waals surface area contributed by atoms with Gasteiger partial charge in [-0.2, -0.15) is 0 Å². The number of benzene rings is 2. The summed E-state index contributed by atoms with van der Waals surface area (Å²) in [5, 5.41) is 10.0. The Morgan fingerprint density at radius 3 is 2.33 bits per heavy atom. The monoisotopic (exact) mass is 497 g/mol. The highest BCUT2D eigenvalue weighted by Gasteiger charge is 2.29. The van der Waals surface area contributed by atoms with Crippen LogP contribution in [0.2, 0.25) is 0 Å². The highest BCUT2D eigenvalue weighted by Crippen LogP contribution is 2.31. The summed E-state index contributed by atoms with van der Waals surface area (Å²) in [5.41, 5.74) is 6.63. The third-order valence-corrected chi connectivity index (χ3v) is 4.56. The summed E-state index contributed by atoms with van der Waals surface area (Å²) in [4.78, 5) is 20.5. The van der Waals surface area contributed by atoms with Crippen molar-refractivity contribution < 1.29 is 18.3 Å². The van der Waals surface area contributed by atoms with E-state index in [1.165, 1.54) is 24.8 Å². The van der Waals surface area contributed by atoms with E-state index in [-0.39, 0.29) is 49.4 Å². The van der Waals surface area contributed by atoms with Crippen LogP contribution in [0.1, 0.15) is 29.7 Å². The van der Waals surface area contributed by atoms with E-state index in [4.69, 9.17) is 15.9 Å². The molecule has 33 heavy (non-hydrogen) atoms. The van der Waals surface area contributed by atoms with Gasteiger partial charge < -0.3 is 15.8 Å². The second kappa shape index (κ2) is 12.8. The Morgan fingerprint density at radius 1 is 1.12 bits per heavy atom. The predicted molar refractivity (Wildman–Crippen MR) is 126 cm³/mol. The zero-order valence-electron chi connectivity index (χ0n) is 17.5. The summed E-state index contributed by atoms with van der Waals surface area (Å²) < 4.78 is 35.3. The summed E-state index contributed by atoms with van der Waals surface area (Å²) >= 11 is 0. The Bertz CT molecular complexity index is 1090. The Kier molecular flexibility index (Phi) is 10.8. The van der Waals surface area contributed by atoms with E-state index in [2.05, 4.69) is 15.3 Å². The number of halogens is 4. The Morgan fingerprint density at radius 2 is 1.76 bits per heavy atom. The molecule has 0 aliphatic rings. The number of hydrogen-bond acceptors (Lipinski definition) is 5. The number of nitrogen functional groups attached to an aromatic ring is 1. The molecule has 0 aliphatic carbocycles. The molecule has 0 aliphatic heterocycles. The molecule has 1 heterocycles. The zero-order chi connectivity index (χ0) is 22.4. The fourth-order valence-corrected chi connectivity index (χ4v) is 3.01. The number of rotatable bonds is 8. The summed E-state index contributed by atoms with van der Waals surface area (Å²) in [6, 6.07) is 9.04. The molecule has 1 amide bonds. The molecule has 3 aromatic rings. The summed E-state index contributed by atoms with van der Waals surface area (Å²) in [6.45, 7) is 1.81. The van der Waals surface area contributed by atoms with Gasteiger partial charge in [-0.3, -0.25) is 10.2 Å². The van der Waals surface area contributed by atoms with E-state index >= 15 is 4.39 Å². The smallest absolute Gasteiger partial charge is 0.254 e. The normalized spacial score (nSPS) is 11.0. The number of nitrogens with one attached hydrogen (secondary N) is 2. The van der Waals surface area contributed by atoms with Gasteiger partial charge in [-0.1, -0.05) is 24.3 Å². The number of carbonyl (C=O) groups is 1. The van der Waals surface area contributed by atoms with Crippen LogP contribution < -0.4 is 11.1 Å². The van der Waals surface area contributed by atoms with Crippen LogP contribution in [0, 0.1) is 17.0 Å². The quantitative estimate of drug-likeness (QED) is 0.322. The SMILES string of the molecule is CCOC(C(=O)NCc1ccc(C(=N)N)cc1)c1c(F)ccc(-c2cncnc2)c1F.Cl.Cl. The first kappa shape index (κ1) is 27.9. The molecule has 0 saturated heterocycles. The molecule has 3 rings (SSSR count). The van der Waals surface area contributed by atoms with Gasteiger partial charge in [-0.05, 0) is 24.6 Å². The van der Waals surface area contributed by atoms with Crippen LogP contribution in [-0.4, -0.2) is 28.3 Å². The fraction of sp³-hybridized carbons (Fsp3) is 0.182. The molecule has 0 spiro atoms. The van der Waals surface area contributed by atoms with Gasteiger partial charge in [0.25, 0.3) is 5.91 Å². The molecule has 0 radical (unpaired) electrons. The molecule has 0 bridgehead atoms. The fourth-order valence-electron chi connectivity index (χ4n) is 3.01. The molecule has 2 aromatic carbocycles. The van der Waals surface area contributed by atoms with Gasteiger partial charge in [0, 0.05) is 42.2 Å². The van der Waals surface area contributed by atoms with Crippen molar-refractivity contribution in [3.63, 3.8) is 0 Å². The van der Waals surface area contributed by atoms with Crippen molar-refractivity contribution in [1.29, 1.82) is 5.41 Å². The van der Waals surface area contributed by atoms with Gasteiger partial charge in [0.1, 0.15) is 23.8 Å².